The van der Waals surface area contributed by atoms with Gasteiger partial charge in [0.1, 0.15) is 5.76 Å². The van der Waals surface area contributed by atoms with Crippen LogP contribution in [-0.2, 0) is 20.9 Å². The first kappa shape index (κ1) is 18.8. The molecule has 2 rings (SSSR count). The third-order valence-corrected chi connectivity index (χ3v) is 4.01. The molecule has 1 saturated heterocycles. The van der Waals surface area contributed by atoms with Crippen LogP contribution in [0.3, 0.4) is 0 Å². The monoisotopic (exact) mass is 351 g/mol. The van der Waals surface area contributed by atoms with Crippen molar-refractivity contribution in [2.75, 3.05) is 19.7 Å². The van der Waals surface area contributed by atoms with E-state index in [0.29, 0.717) is 44.8 Å². The van der Waals surface area contributed by atoms with E-state index in [2.05, 4.69) is 10.6 Å². The summed E-state index contributed by atoms with van der Waals surface area (Å²) in [4.78, 5) is 36.9. The lowest BCUT2D eigenvalue weighted by Crippen LogP contribution is -2.46. The van der Waals surface area contributed by atoms with Crippen molar-refractivity contribution in [3.63, 3.8) is 0 Å². The van der Waals surface area contributed by atoms with E-state index in [0.717, 1.165) is 0 Å². The summed E-state index contributed by atoms with van der Waals surface area (Å²) in [5.74, 6) is 0.331. The number of nitrogens with one attached hydrogen (secondary N) is 2. The highest BCUT2D eigenvalue weighted by molar-refractivity contribution is 5.83. The first-order chi connectivity index (χ1) is 12.1. The van der Waals surface area contributed by atoms with E-state index in [1.807, 2.05) is 0 Å². The van der Waals surface area contributed by atoms with Crippen LogP contribution in [0.4, 0.5) is 4.79 Å². The standard InChI is InChI=1S/C17H25N3O5/c1-2-24-17(23)20-9-7-13(8-10-20)19-16(22)6-5-15(21)18-12-14-4-3-11-25-14/h3-4,11,13H,2,5-10,12H2,1H3,(H,18,21)(H,19,22). The van der Waals surface area contributed by atoms with E-state index >= 15 is 0 Å². The van der Waals surface area contributed by atoms with Gasteiger partial charge in [0.25, 0.3) is 0 Å². The van der Waals surface area contributed by atoms with Crippen molar-refractivity contribution >= 4 is 17.9 Å². The molecule has 0 unspecified atom stereocenters. The second-order valence-electron chi connectivity index (χ2n) is 5.88. The Kier molecular flexibility index (Phi) is 7.31. The summed E-state index contributed by atoms with van der Waals surface area (Å²) in [7, 11) is 0. The minimum atomic E-state index is -0.305. The van der Waals surface area contributed by atoms with Gasteiger partial charge in [-0.2, -0.15) is 0 Å². The molecule has 3 amide bonds. The Morgan fingerprint density at radius 3 is 2.60 bits per heavy atom. The molecule has 1 aliphatic rings. The number of ether oxygens (including phenoxy) is 1. The smallest absolute Gasteiger partial charge is 0.409 e. The summed E-state index contributed by atoms with van der Waals surface area (Å²) in [5, 5.41) is 5.62. The number of rotatable bonds is 7. The van der Waals surface area contributed by atoms with Crippen LogP contribution in [0.15, 0.2) is 22.8 Å². The summed E-state index contributed by atoms with van der Waals surface area (Å²) in [5.41, 5.74) is 0. The average molecular weight is 351 g/mol. The second-order valence-corrected chi connectivity index (χ2v) is 5.88. The van der Waals surface area contributed by atoms with Gasteiger partial charge in [0.15, 0.2) is 0 Å². The molecule has 0 bridgehead atoms. The van der Waals surface area contributed by atoms with Crippen LogP contribution in [0.25, 0.3) is 0 Å². The van der Waals surface area contributed by atoms with Crippen LogP contribution in [0.5, 0.6) is 0 Å². The highest BCUT2D eigenvalue weighted by atomic mass is 16.6. The molecule has 8 heteroatoms. The summed E-state index contributed by atoms with van der Waals surface area (Å²) in [6.07, 6.45) is 2.89. The number of likely N-dealkylation sites (tertiary alicyclic amines) is 1. The van der Waals surface area contributed by atoms with Gasteiger partial charge < -0.3 is 24.7 Å². The van der Waals surface area contributed by atoms with Crippen molar-refractivity contribution in [2.24, 2.45) is 0 Å². The van der Waals surface area contributed by atoms with Crippen molar-refractivity contribution in [3.8, 4) is 0 Å². The zero-order chi connectivity index (χ0) is 18.1. The third-order valence-electron chi connectivity index (χ3n) is 4.01. The maximum atomic E-state index is 12.0. The highest BCUT2D eigenvalue weighted by Crippen LogP contribution is 2.12. The lowest BCUT2D eigenvalue weighted by atomic mass is 10.1. The van der Waals surface area contributed by atoms with Crippen molar-refractivity contribution < 1.29 is 23.5 Å². The van der Waals surface area contributed by atoms with Crippen LogP contribution >= 0.6 is 0 Å². The van der Waals surface area contributed by atoms with Gasteiger partial charge in [-0.3, -0.25) is 9.59 Å². The molecule has 0 atom stereocenters. The van der Waals surface area contributed by atoms with E-state index < -0.39 is 0 Å². The number of hydrogen-bond donors (Lipinski definition) is 2. The first-order valence-electron chi connectivity index (χ1n) is 8.58. The molecule has 25 heavy (non-hydrogen) atoms. The maximum Gasteiger partial charge on any atom is 0.409 e. The van der Waals surface area contributed by atoms with Crippen LogP contribution in [0, 0.1) is 0 Å². The molecule has 8 nitrogen and oxygen atoms in total. The van der Waals surface area contributed by atoms with Crippen LogP contribution in [0.1, 0.15) is 38.4 Å². The number of carbonyl (C=O) groups is 3. The van der Waals surface area contributed by atoms with Gasteiger partial charge in [-0.25, -0.2) is 4.79 Å². The fourth-order valence-corrected chi connectivity index (χ4v) is 2.64. The van der Waals surface area contributed by atoms with Crippen molar-refractivity contribution in [1.29, 1.82) is 0 Å². The lowest BCUT2D eigenvalue weighted by molar-refractivity contribution is -0.127. The minimum Gasteiger partial charge on any atom is -0.467 e. The van der Waals surface area contributed by atoms with Gasteiger partial charge in [-0.1, -0.05) is 0 Å². The van der Waals surface area contributed by atoms with Gasteiger partial charge in [0.2, 0.25) is 11.8 Å². The van der Waals surface area contributed by atoms with Crippen LogP contribution in [0.2, 0.25) is 0 Å². The second kappa shape index (κ2) is 9.71. The Labute approximate surface area is 146 Å². The van der Waals surface area contributed by atoms with Crippen molar-refractivity contribution in [1.82, 2.24) is 15.5 Å². The molecule has 2 heterocycles. The lowest BCUT2D eigenvalue weighted by Gasteiger charge is -2.31. The van der Waals surface area contributed by atoms with E-state index in [-0.39, 0.29) is 36.8 Å². The molecule has 0 radical (unpaired) electrons. The van der Waals surface area contributed by atoms with E-state index in [4.69, 9.17) is 9.15 Å². The molecular weight excluding hydrogens is 326 g/mol. The Morgan fingerprint density at radius 1 is 1.24 bits per heavy atom. The van der Waals surface area contributed by atoms with Crippen LogP contribution in [-0.4, -0.2) is 48.5 Å². The molecular formula is C17H25N3O5. The van der Waals surface area contributed by atoms with Gasteiger partial charge >= 0.3 is 6.09 Å². The number of furan rings is 1. The Bertz CT molecular complexity index is 565. The number of amides is 3. The Morgan fingerprint density at radius 2 is 1.96 bits per heavy atom. The summed E-state index contributed by atoms with van der Waals surface area (Å²) in [6, 6.07) is 3.56. The van der Waals surface area contributed by atoms with Gasteiger partial charge in [-0.05, 0) is 31.9 Å². The quantitative estimate of drug-likeness (QED) is 0.773. The zero-order valence-corrected chi connectivity index (χ0v) is 14.5. The zero-order valence-electron chi connectivity index (χ0n) is 14.5. The molecule has 1 aromatic heterocycles. The molecule has 1 fully saturated rings. The number of carbonyl (C=O) groups excluding carboxylic acids is 3. The van der Waals surface area contributed by atoms with Crippen molar-refractivity contribution in [2.45, 2.75) is 45.2 Å². The average Bonchev–Trinajstić information content (AvgIpc) is 3.12. The summed E-state index contributed by atoms with van der Waals surface area (Å²) < 4.78 is 10.1. The van der Waals surface area contributed by atoms with Gasteiger partial charge in [-0.15, -0.1) is 0 Å². The third kappa shape index (κ3) is 6.48. The molecule has 0 aliphatic carbocycles. The number of piperidine rings is 1. The molecule has 1 aliphatic heterocycles. The number of hydrogen-bond acceptors (Lipinski definition) is 5. The topological polar surface area (TPSA) is 101 Å². The summed E-state index contributed by atoms with van der Waals surface area (Å²) in [6.45, 7) is 3.58. The first-order valence-corrected chi connectivity index (χ1v) is 8.58. The van der Waals surface area contributed by atoms with E-state index in [1.165, 1.54) is 0 Å². The highest BCUT2D eigenvalue weighted by Gasteiger charge is 2.24. The molecule has 0 saturated carbocycles. The summed E-state index contributed by atoms with van der Waals surface area (Å²) >= 11 is 0. The SMILES string of the molecule is CCOC(=O)N1CCC(NC(=O)CCC(=O)NCc2ccco2)CC1. The maximum absolute atomic E-state index is 12.0. The normalized spacial score (nSPS) is 14.8. The fourth-order valence-electron chi connectivity index (χ4n) is 2.64. The van der Waals surface area contributed by atoms with Crippen molar-refractivity contribution in [3.05, 3.63) is 24.2 Å². The molecule has 0 aromatic carbocycles. The fraction of sp³-hybridized carbons (Fsp3) is 0.588. The van der Waals surface area contributed by atoms with E-state index in [1.54, 1.807) is 30.2 Å². The number of nitrogens with zero attached hydrogens (tertiary/aromatic N) is 1. The minimum absolute atomic E-state index is 0.0318. The molecule has 2 N–H and O–H groups in total. The van der Waals surface area contributed by atoms with E-state index in [9.17, 15) is 14.4 Å². The van der Waals surface area contributed by atoms with Gasteiger partial charge in [0, 0.05) is 32.0 Å². The molecule has 0 spiro atoms. The largest absolute Gasteiger partial charge is 0.467 e. The van der Waals surface area contributed by atoms with Gasteiger partial charge in [0.05, 0.1) is 19.4 Å². The molecule has 1 aromatic rings. The predicted octanol–water partition coefficient (Wildman–Crippen LogP) is 1.41. The molecule has 138 valence electrons. The van der Waals surface area contributed by atoms with Crippen LogP contribution < -0.4 is 10.6 Å². The Hall–Kier alpha value is -2.51. The Balaban J connectivity index is 1.59. The predicted molar refractivity (Wildman–Crippen MR) is 89.5 cm³/mol.